The molecule has 0 aromatic rings. The van der Waals surface area contributed by atoms with Gasteiger partial charge in [-0.2, -0.15) is 18.7 Å². The molecule has 1 fully saturated rings. The fraction of sp³-hybridized carbons (Fsp3) is 1.00. The monoisotopic (exact) mass is 225 g/mol. The number of hydrogen-bond acceptors (Lipinski definition) is 2. The van der Waals surface area contributed by atoms with E-state index in [2.05, 4.69) is 24.2 Å². The summed E-state index contributed by atoms with van der Waals surface area (Å²) in [4.78, 5) is 4.46. The summed E-state index contributed by atoms with van der Waals surface area (Å²) in [5.74, 6) is 0. The average Bonchev–Trinajstić information content (AvgIpc) is 1.99. The molecular weight excluding hydrogens is 207 g/mol. The predicted molar refractivity (Wildman–Crippen MR) is 51.2 cm³/mol. The highest BCUT2D eigenvalue weighted by Gasteiger charge is 2.31. The fourth-order valence-electron chi connectivity index (χ4n) is 2.04. The Morgan fingerprint density at radius 1 is 1.40 bits per heavy atom. The number of hydroxylamine groups is 1. The second-order valence-corrected chi connectivity index (χ2v) is 4.98. The molecule has 1 atom stereocenters. The van der Waals surface area contributed by atoms with Crippen molar-refractivity contribution in [3.63, 3.8) is 0 Å². The van der Waals surface area contributed by atoms with Crippen LogP contribution in [0.5, 0.6) is 0 Å². The third-order valence-electron chi connectivity index (χ3n) is 2.69. The molecule has 1 saturated carbocycles. The van der Waals surface area contributed by atoms with Gasteiger partial charge in [-0.15, -0.1) is 0 Å². The van der Waals surface area contributed by atoms with Gasteiger partial charge in [0.05, 0.1) is 0 Å². The lowest BCUT2D eigenvalue weighted by Crippen LogP contribution is -2.39. The van der Waals surface area contributed by atoms with Gasteiger partial charge in [0.15, 0.2) is 6.61 Å². The van der Waals surface area contributed by atoms with E-state index in [9.17, 15) is 13.2 Å². The van der Waals surface area contributed by atoms with E-state index in [0.717, 1.165) is 25.7 Å². The fourth-order valence-corrected chi connectivity index (χ4v) is 2.04. The zero-order valence-corrected chi connectivity index (χ0v) is 9.16. The van der Waals surface area contributed by atoms with E-state index in [1.54, 1.807) is 0 Å². The highest BCUT2D eigenvalue weighted by molar-refractivity contribution is 4.81. The molecule has 0 heterocycles. The number of alkyl halides is 3. The third-order valence-corrected chi connectivity index (χ3v) is 2.69. The Balaban J connectivity index is 2.22. The highest BCUT2D eigenvalue weighted by atomic mass is 19.4. The van der Waals surface area contributed by atoms with Gasteiger partial charge in [0.25, 0.3) is 0 Å². The smallest absolute Gasteiger partial charge is 0.292 e. The van der Waals surface area contributed by atoms with Crippen LogP contribution in [0.25, 0.3) is 0 Å². The number of nitrogens with one attached hydrogen (secondary N) is 1. The lowest BCUT2D eigenvalue weighted by molar-refractivity contribution is -0.194. The molecule has 0 bridgehead atoms. The number of rotatable bonds is 3. The van der Waals surface area contributed by atoms with Crippen LogP contribution in [0, 0.1) is 5.41 Å². The van der Waals surface area contributed by atoms with Crippen molar-refractivity contribution in [3.8, 4) is 0 Å². The predicted octanol–water partition coefficient (Wildman–Crippen LogP) is 3.04. The normalized spacial score (nSPS) is 26.6. The Hall–Kier alpha value is -0.290. The van der Waals surface area contributed by atoms with E-state index in [1.165, 1.54) is 0 Å². The summed E-state index contributed by atoms with van der Waals surface area (Å²) < 4.78 is 35.4. The summed E-state index contributed by atoms with van der Waals surface area (Å²) in [7, 11) is 0. The molecule has 0 spiro atoms. The molecule has 5 heteroatoms. The van der Waals surface area contributed by atoms with Crippen LogP contribution >= 0.6 is 0 Å². The van der Waals surface area contributed by atoms with Crippen molar-refractivity contribution in [1.29, 1.82) is 0 Å². The average molecular weight is 225 g/mol. The Morgan fingerprint density at radius 2 is 2.07 bits per heavy atom. The van der Waals surface area contributed by atoms with Crippen molar-refractivity contribution in [2.24, 2.45) is 5.41 Å². The van der Waals surface area contributed by atoms with Gasteiger partial charge in [-0.05, 0) is 24.7 Å². The zero-order chi connectivity index (χ0) is 11.5. The van der Waals surface area contributed by atoms with Crippen molar-refractivity contribution in [2.75, 3.05) is 6.61 Å². The van der Waals surface area contributed by atoms with E-state index in [0.29, 0.717) is 0 Å². The van der Waals surface area contributed by atoms with Gasteiger partial charge >= 0.3 is 6.18 Å². The van der Waals surface area contributed by atoms with Crippen LogP contribution in [0.4, 0.5) is 13.2 Å². The molecule has 0 aliphatic heterocycles. The maximum absolute atomic E-state index is 11.8. The van der Waals surface area contributed by atoms with Crippen LogP contribution < -0.4 is 5.48 Å². The van der Waals surface area contributed by atoms with E-state index < -0.39 is 12.8 Å². The SMILES string of the molecule is CC1(C)CCCC(NOCC(F)(F)F)C1. The van der Waals surface area contributed by atoms with Gasteiger partial charge < -0.3 is 0 Å². The molecule has 90 valence electrons. The summed E-state index contributed by atoms with van der Waals surface area (Å²) in [6, 6.07) is 0.0519. The summed E-state index contributed by atoms with van der Waals surface area (Å²) in [6.07, 6.45) is -0.326. The van der Waals surface area contributed by atoms with Crippen LogP contribution in [0.15, 0.2) is 0 Å². The topological polar surface area (TPSA) is 21.3 Å². The van der Waals surface area contributed by atoms with Crippen LogP contribution in [0.1, 0.15) is 39.5 Å². The second kappa shape index (κ2) is 4.70. The first-order chi connectivity index (χ1) is 6.79. The van der Waals surface area contributed by atoms with Crippen molar-refractivity contribution in [2.45, 2.75) is 51.7 Å². The van der Waals surface area contributed by atoms with E-state index in [-0.39, 0.29) is 11.5 Å². The van der Waals surface area contributed by atoms with Crippen molar-refractivity contribution in [1.82, 2.24) is 5.48 Å². The number of halogens is 3. The molecule has 1 aliphatic rings. The Kier molecular flexibility index (Phi) is 4.00. The molecule has 2 nitrogen and oxygen atoms in total. The first-order valence-electron chi connectivity index (χ1n) is 5.23. The second-order valence-electron chi connectivity index (χ2n) is 4.98. The van der Waals surface area contributed by atoms with Gasteiger partial charge in [0.2, 0.25) is 0 Å². The van der Waals surface area contributed by atoms with Gasteiger partial charge in [0, 0.05) is 6.04 Å². The van der Waals surface area contributed by atoms with Crippen molar-refractivity contribution in [3.05, 3.63) is 0 Å². The highest BCUT2D eigenvalue weighted by Crippen LogP contribution is 2.35. The summed E-state index contributed by atoms with van der Waals surface area (Å²) in [6.45, 7) is 3.04. The lowest BCUT2D eigenvalue weighted by Gasteiger charge is -2.35. The van der Waals surface area contributed by atoms with Gasteiger partial charge in [-0.3, -0.25) is 4.84 Å². The minimum atomic E-state index is -4.25. The van der Waals surface area contributed by atoms with Crippen LogP contribution in [-0.2, 0) is 4.84 Å². The summed E-state index contributed by atoms with van der Waals surface area (Å²) in [5.41, 5.74) is 2.72. The zero-order valence-electron chi connectivity index (χ0n) is 9.16. The molecule has 1 aliphatic carbocycles. The lowest BCUT2D eigenvalue weighted by atomic mass is 9.75. The van der Waals surface area contributed by atoms with Crippen molar-refractivity contribution < 1.29 is 18.0 Å². The molecule has 0 aromatic carbocycles. The molecule has 1 unspecified atom stereocenters. The largest absolute Gasteiger partial charge is 0.413 e. The molecule has 0 amide bonds. The van der Waals surface area contributed by atoms with Crippen molar-refractivity contribution >= 4 is 0 Å². The van der Waals surface area contributed by atoms with E-state index in [4.69, 9.17) is 0 Å². The third kappa shape index (κ3) is 5.37. The maximum Gasteiger partial charge on any atom is 0.413 e. The molecule has 1 rings (SSSR count). The summed E-state index contributed by atoms with van der Waals surface area (Å²) >= 11 is 0. The molecule has 1 N–H and O–H groups in total. The van der Waals surface area contributed by atoms with Gasteiger partial charge in [-0.25, -0.2) is 0 Å². The molecule has 15 heavy (non-hydrogen) atoms. The Labute approximate surface area is 88.1 Å². The van der Waals surface area contributed by atoms with Crippen LogP contribution in [0.2, 0.25) is 0 Å². The molecule has 0 radical (unpaired) electrons. The van der Waals surface area contributed by atoms with E-state index in [1.807, 2.05) is 0 Å². The molecule has 0 saturated heterocycles. The first-order valence-corrected chi connectivity index (χ1v) is 5.23. The molecule has 0 aromatic heterocycles. The van der Waals surface area contributed by atoms with E-state index >= 15 is 0 Å². The first kappa shape index (κ1) is 12.8. The number of hydrogen-bond donors (Lipinski definition) is 1. The minimum Gasteiger partial charge on any atom is -0.292 e. The standard InChI is InChI=1S/C10H18F3NO/c1-9(2)5-3-4-8(6-9)14-15-7-10(11,12)13/h8,14H,3-7H2,1-2H3. The summed E-state index contributed by atoms with van der Waals surface area (Å²) in [5, 5.41) is 0. The van der Waals surface area contributed by atoms with Crippen LogP contribution in [-0.4, -0.2) is 18.8 Å². The van der Waals surface area contributed by atoms with Crippen LogP contribution in [0.3, 0.4) is 0 Å². The van der Waals surface area contributed by atoms with Gasteiger partial charge in [-0.1, -0.05) is 20.3 Å². The maximum atomic E-state index is 11.8. The molecular formula is C10H18F3NO. The minimum absolute atomic E-state index is 0.0519. The Morgan fingerprint density at radius 3 is 2.60 bits per heavy atom. The van der Waals surface area contributed by atoms with Gasteiger partial charge in [0.1, 0.15) is 0 Å². The Bertz CT molecular complexity index is 203. The quantitative estimate of drug-likeness (QED) is 0.745.